The summed E-state index contributed by atoms with van der Waals surface area (Å²) < 4.78 is 0. The molecule has 8 heavy (non-hydrogen) atoms. The molecule has 0 unspecified atom stereocenters. The van der Waals surface area contributed by atoms with Gasteiger partial charge in [-0.3, -0.25) is 4.99 Å². The van der Waals surface area contributed by atoms with Crippen LogP contribution in [0.25, 0.3) is 0 Å². The maximum Gasteiger partial charge on any atom is 0.0579 e. The molecular weight excluding hydrogens is 100 g/mol. The normalized spacial score (nSPS) is 9.75. The number of hydrogen-bond donors (Lipinski definition) is 0. The summed E-state index contributed by atoms with van der Waals surface area (Å²) in [5, 5.41) is 0. The predicted octanol–water partition coefficient (Wildman–Crippen LogP) is 0.762. The Bertz CT molecular complexity index is 84.5. The van der Waals surface area contributed by atoms with Gasteiger partial charge in [-0.2, -0.15) is 0 Å². The molecule has 0 rings (SSSR count). The van der Waals surface area contributed by atoms with Crippen molar-refractivity contribution in [3.63, 3.8) is 0 Å². The molecule has 0 fully saturated rings. The van der Waals surface area contributed by atoms with Crippen LogP contribution in [0.4, 0.5) is 0 Å². The largest absolute Gasteiger partial charge is 0.384 e. The molecule has 0 aliphatic heterocycles. The summed E-state index contributed by atoms with van der Waals surface area (Å²) in [6.45, 7) is 4.04. The van der Waals surface area contributed by atoms with Crippen LogP contribution in [-0.2, 0) is 0 Å². The number of nitrogens with zero attached hydrogens (tertiary/aromatic N) is 2. The lowest BCUT2D eigenvalue weighted by Crippen LogP contribution is -1.99. The minimum Gasteiger partial charge on any atom is -0.384 e. The van der Waals surface area contributed by atoms with Crippen molar-refractivity contribution in [1.29, 1.82) is 0 Å². The summed E-state index contributed by atoms with van der Waals surface area (Å²) in [6, 6.07) is 0. The van der Waals surface area contributed by atoms with Gasteiger partial charge in [0.2, 0.25) is 0 Å². The van der Waals surface area contributed by atoms with Crippen molar-refractivity contribution in [1.82, 2.24) is 4.90 Å². The van der Waals surface area contributed by atoms with E-state index in [1.54, 1.807) is 0 Å². The number of rotatable bonds is 3. The summed E-state index contributed by atoms with van der Waals surface area (Å²) in [6.07, 6.45) is 3.90. The van der Waals surface area contributed by atoms with Gasteiger partial charge in [-0.1, -0.05) is 0 Å². The molecular formula is C6H12N2. The molecule has 0 radical (unpaired) electrons. The molecule has 46 valence electrons. The number of hydrogen-bond acceptors (Lipinski definition) is 2. The molecule has 0 aliphatic rings. The van der Waals surface area contributed by atoms with Gasteiger partial charge in [0.15, 0.2) is 0 Å². The van der Waals surface area contributed by atoms with E-state index in [4.69, 9.17) is 0 Å². The van der Waals surface area contributed by atoms with Crippen molar-refractivity contribution in [2.24, 2.45) is 4.99 Å². The fourth-order valence-corrected chi connectivity index (χ4v) is 0.332. The van der Waals surface area contributed by atoms with Gasteiger partial charge in [0.25, 0.3) is 0 Å². The maximum absolute atomic E-state index is 3.64. The van der Waals surface area contributed by atoms with Crippen LogP contribution in [0.2, 0.25) is 0 Å². The van der Waals surface area contributed by atoms with Crippen molar-refractivity contribution in [2.45, 2.75) is 0 Å². The van der Waals surface area contributed by atoms with Crippen molar-refractivity contribution >= 4 is 6.72 Å². The molecule has 0 heterocycles. The number of aliphatic imine (C=N–C) groups is 1. The SMILES string of the molecule is C=NC/C=C\N(C)C. The van der Waals surface area contributed by atoms with Crippen molar-refractivity contribution in [2.75, 3.05) is 20.6 Å². The third-order valence-electron chi connectivity index (χ3n) is 0.638. The highest BCUT2D eigenvalue weighted by Crippen LogP contribution is 1.76. The Balaban J connectivity index is 3.19. The minimum absolute atomic E-state index is 0.707. The summed E-state index contributed by atoms with van der Waals surface area (Å²) >= 11 is 0. The van der Waals surface area contributed by atoms with E-state index in [1.807, 2.05) is 31.3 Å². The highest BCUT2D eigenvalue weighted by atomic mass is 15.0. The van der Waals surface area contributed by atoms with Crippen LogP contribution in [0.15, 0.2) is 17.3 Å². The first-order valence-electron chi connectivity index (χ1n) is 2.53. The molecule has 2 nitrogen and oxygen atoms in total. The van der Waals surface area contributed by atoms with Crippen LogP contribution < -0.4 is 0 Å². The molecule has 0 saturated carbocycles. The van der Waals surface area contributed by atoms with Gasteiger partial charge in [0.05, 0.1) is 6.54 Å². The molecule has 0 aromatic carbocycles. The van der Waals surface area contributed by atoms with E-state index < -0.39 is 0 Å². The molecule has 0 spiro atoms. The topological polar surface area (TPSA) is 15.6 Å². The molecule has 0 N–H and O–H groups in total. The van der Waals surface area contributed by atoms with E-state index in [2.05, 4.69) is 11.7 Å². The first-order valence-corrected chi connectivity index (χ1v) is 2.53. The van der Waals surface area contributed by atoms with Gasteiger partial charge in [-0.15, -0.1) is 0 Å². The fraction of sp³-hybridized carbons (Fsp3) is 0.500. The standard InChI is InChI=1S/C6H12N2/c1-7-5-4-6-8(2)3/h4,6H,1,5H2,2-3H3/b6-4-. The zero-order valence-corrected chi connectivity index (χ0v) is 5.46. The van der Waals surface area contributed by atoms with Gasteiger partial charge in [-0.05, 0) is 19.0 Å². The lowest BCUT2D eigenvalue weighted by Gasteiger charge is -2.00. The van der Waals surface area contributed by atoms with Crippen LogP contribution in [0.5, 0.6) is 0 Å². The average molecular weight is 112 g/mol. The zero-order chi connectivity index (χ0) is 6.41. The average Bonchev–Trinajstić information content (AvgIpc) is 1.66. The van der Waals surface area contributed by atoms with E-state index in [0.29, 0.717) is 6.54 Å². The molecule has 2 heteroatoms. The first-order chi connectivity index (χ1) is 3.77. The first kappa shape index (κ1) is 7.21. The van der Waals surface area contributed by atoms with E-state index >= 15 is 0 Å². The Morgan fingerprint density at radius 3 is 2.62 bits per heavy atom. The zero-order valence-electron chi connectivity index (χ0n) is 5.46. The van der Waals surface area contributed by atoms with Crippen molar-refractivity contribution in [3.8, 4) is 0 Å². The second-order valence-corrected chi connectivity index (χ2v) is 1.75. The Kier molecular flexibility index (Phi) is 3.94. The summed E-state index contributed by atoms with van der Waals surface area (Å²) in [7, 11) is 3.94. The van der Waals surface area contributed by atoms with Crippen LogP contribution >= 0.6 is 0 Å². The van der Waals surface area contributed by atoms with Crippen LogP contribution in [0.1, 0.15) is 0 Å². The smallest absolute Gasteiger partial charge is 0.0579 e. The van der Waals surface area contributed by atoms with Gasteiger partial charge < -0.3 is 4.90 Å². The van der Waals surface area contributed by atoms with Crippen LogP contribution in [0, 0.1) is 0 Å². The lowest BCUT2D eigenvalue weighted by atomic mass is 10.6. The van der Waals surface area contributed by atoms with Crippen molar-refractivity contribution in [3.05, 3.63) is 12.3 Å². The molecule has 0 atom stereocenters. The molecule has 0 bridgehead atoms. The van der Waals surface area contributed by atoms with Gasteiger partial charge in [0, 0.05) is 14.1 Å². The maximum atomic E-state index is 3.64. The lowest BCUT2D eigenvalue weighted by molar-refractivity contribution is 0.562. The van der Waals surface area contributed by atoms with E-state index in [-0.39, 0.29) is 0 Å². The highest BCUT2D eigenvalue weighted by Gasteiger charge is 1.71. The third-order valence-corrected chi connectivity index (χ3v) is 0.638. The summed E-state index contributed by atoms with van der Waals surface area (Å²) in [5.74, 6) is 0. The van der Waals surface area contributed by atoms with Crippen LogP contribution in [-0.4, -0.2) is 32.3 Å². The highest BCUT2D eigenvalue weighted by molar-refractivity contribution is 5.23. The molecule has 0 amide bonds. The van der Waals surface area contributed by atoms with E-state index in [1.165, 1.54) is 0 Å². The Hall–Kier alpha value is -0.790. The predicted molar refractivity (Wildman–Crippen MR) is 37.2 cm³/mol. The second kappa shape index (κ2) is 4.37. The van der Waals surface area contributed by atoms with Gasteiger partial charge in [0.1, 0.15) is 0 Å². The summed E-state index contributed by atoms with van der Waals surface area (Å²) in [5.41, 5.74) is 0. The van der Waals surface area contributed by atoms with Crippen LogP contribution in [0.3, 0.4) is 0 Å². The summed E-state index contributed by atoms with van der Waals surface area (Å²) in [4.78, 5) is 5.61. The van der Waals surface area contributed by atoms with Crippen molar-refractivity contribution < 1.29 is 0 Å². The van der Waals surface area contributed by atoms with Gasteiger partial charge in [-0.25, -0.2) is 0 Å². The third kappa shape index (κ3) is 5.21. The molecule has 0 aromatic heterocycles. The van der Waals surface area contributed by atoms with E-state index in [0.717, 1.165) is 0 Å². The Labute approximate surface area is 50.5 Å². The fourth-order valence-electron chi connectivity index (χ4n) is 0.332. The molecule has 0 aromatic rings. The molecule has 0 saturated heterocycles. The second-order valence-electron chi connectivity index (χ2n) is 1.75. The van der Waals surface area contributed by atoms with Gasteiger partial charge >= 0.3 is 0 Å². The minimum atomic E-state index is 0.707. The Morgan fingerprint density at radius 1 is 1.62 bits per heavy atom. The molecule has 0 aliphatic carbocycles. The van der Waals surface area contributed by atoms with E-state index in [9.17, 15) is 0 Å². The Morgan fingerprint density at radius 2 is 2.25 bits per heavy atom. The monoisotopic (exact) mass is 112 g/mol. The quantitative estimate of drug-likeness (QED) is 0.492.